The molecule has 0 saturated heterocycles. The van der Waals surface area contributed by atoms with Crippen LogP contribution in [0.25, 0.3) is 0 Å². The summed E-state index contributed by atoms with van der Waals surface area (Å²) in [4.78, 5) is 12.0. The molecule has 1 aromatic rings. The molecule has 0 radical (unpaired) electrons. The Balaban J connectivity index is 2.94. The van der Waals surface area contributed by atoms with Gasteiger partial charge in [0.1, 0.15) is 5.75 Å². The van der Waals surface area contributed by atoms with E-state index in [9.17, 15) is 9.90 Å². The predicted octanol–water partition coefficient (Wildman–Crippen LogP) is 3.43. The third kappa shape index (κ3) is 3.96. The van der Waals surface area contributed by atoms with Crippen molar-refractivity contribution in [2.45, 2.75) is 12.5 Å². The average molecular weight is 430 g/mol. The fourth-order valence-corrected chi connectivity index (χ4v) is 2.70. The molecule has 0 atom stereocenters. The van der Waals surface area contributed by atoms with Crippen LogP contribution < -0.4 is 5.32 Å². The van der Waals surface area contributed by atoms with E-state index in [4.69, 9.17) is 0 Å². The highest BCUT2D eigenvalue weighted by Gasteiger charge is 2.25. The summed E-state index contributed by atoms with van der Waals surface area (Å²) in [5.41, 5.74) is -0.140. The van der Waals surface area contributed by atoms with Crippen LogP contribution in [0.5, 0.6) is 5.75 Å². The van der Waals surface area contributed by atoms with Crippen LogP contribution in [0.2, 0.25) is 0 Å². The number of phenolic OH excluding ortho intramolecular Hbond substituents is 1. The van der Waals surface area contributed by atoms with E-state index in [1.165, 1.54) is 6.07 Å². The number of nitrogens with one attached hydrogen (secondary N) is 1. The fraction of sp³-hybridized carbons (Fsp3) is 0.364. The Hall–Kier alpha value is -0.0700. The summed E-state index contributed by atoms with van der Waals surface area (Å²) >= 11 is 9.97. The SMILES string of the molecule is CC(CBr)(CBr)NC(=O)c1cc(Br)ccc1O. The topological polar surface area (TPSA) is 49.3 Å². The van der Waals surface area contributed by atoms with E-state index in [2.05, 4.69) is 53.1 Å². The third-order valence-corrected chi connectivity index (χ3v) is 5.18. The van der Waals surface area contributed by atoms with E-state index < -0.39 is 5.54 Å². The highest BCUT2D eigenvalue weighted by atomic mass is 79.9. The van der Waals surface area contributed by atoms with Crippen LogP contribution in [0.15, 0.2) is 22.7 Å². The van der Waals surface area contributed by atoms with E-state index in [1.807, 2.05) is 6.92 Å². The lowest BCUT2D eigenvalue weighted by atomic mass is 10.1. The number of alkyl halides is 2. The molecule has 0 spiro atoms. The number of hydrogen-bond acceptors (Lipinski definition) is 2. The zero-order valence-corrected chi connectivity index (χ0v) is 13.9. The van der Waals surface area contributed by atoms with Crippen molar-refractivity contribution in [3.8, 4) is 5.75 Å². The van der Waals surface area contributed by atoms with Gasteiger partial charge in [-0.2, -0.15) is 0 Å². The first-order chi connectivity index (χ1) is 7.91. The molecule has 3 nitrogen and oxygen atoms in total. The number of aromatic hydroxyl groups is 1. The van der Waals surface area contributed by atoms with Crippen LogP contribution in [0.3, 0.4) is 0 Å². The smallest absolute Gasteiger partial charge is 0.255 e. The van der Waals surface area contributed by atoms with E-state index in [0.29, 0.717) is 10.7 Å². The van der Waals surface area contributed by atoms with E-state index in [0.717, 1.165) is 4.47 Å². The summed E-state index contributed by atoms with van der Waals surface area (Å²) in [6.45, 7) is 1.91. The van der Waals surface area contributed by atoms with Gasteiger partial charge in [0.05, 0.1) is 11.1 Å². The molecule has 6 heteroatoms. The van der Waals surface area contributed by atoms with Crippen molar-refractivity contribution >= 4 is 53.7 Å². The maximum absolute atomic E-state index is 12.0. The highest BCUT2D eigenvalue weighted by molar-refractivity contribution is 9.10. The Morgan fingerprint density at radius 3 is 2.53 bits per heavy atom. The van der Waals surface area contributed by atoms with E-state index >= 15 is 0 Å². The maximum atomic E-state index is 12.0. The number of carbonyl (C=O) groups is 1. The quantitative estimate of drug-likeness (QED) is 0.720. The van der Waals surface area contributed by atoms with E-state index in [-0.39, 0.29) is 17.2 Å². The Labute approximate surface area is 125 Å². The van der Waals surface area contributed by atoms with Gasteiger partial charge in [-0.1, -0.05) is 47.8 Å². The standard InChI is InChI=1S/C11H12Br3NO2/c1-11(5-12,6-13)15-10(17)8-4-7(14)2-3-9(8)16/h2-4,16H,5-6H2,1H3,(H,15,17). The molecule has 0 fully saturated rings. The number of phenols is 1. The van der Waals surface area contributed by atoms with Crippen molar-refractivity contribution in [3.63, 3.8) is 0 Å². The minimum atomic E-state index is -0.397. The molecule has 2 N–H and O–H groups in total. The van der Waals surface area contributed by atoms with Gasteiger partial charge >= 0.3 is 0 Å². The number of halogens is 3. The van der Waals surface area contributed by atoms with Gasteiger partial charge in [0.2, 0.25) is 0 Å². The maximum Gasteiger partial charge on any atom is 0.255 e. The molecule has 0 heterocycles. The largest absolute Gasteiger partial charge is 0.507 e. The van der Waals surface area contributed by atoms with Crippen LogP contribution in [-0.4, -0.2) is 27.2 Å². The van der Waals surface area contributed by atoms with E-state index in [1.54, 1.807) is 12.1 Å². The van der Waals surface area contributed by atoms with Crippen molar-refractivity contribution < 1.29 is 9.90 Å². The van der Waals surface area contributed by atoms with Gasteiger partial charge in [0, 0.05) is 15.1 Å². The van der Waals surface area contributed by atoms with Gasteiger partial charge in [0.25, 0.3) is 5.91 Å². The molecule has 0 unspecified atom stereocenters. The minimum absolute atomic E-state index is 0.0304. The van der Waals surface area contributed by atoms with Crippen LogP contribution in [-0.2, 0) is 0 Å². The summed E-state index contributed by atoms with van der Waals surface area (Å²) in [5, 5.41) is 13.7. The normalized spacial score (nSPS) is 11.3. The highest BCUT2D eigenvalue weighted by Crippen LogP contribution is 2.23. The first-order valence-corrected chi connectivity index (χ1v) is 7.88. The lowest BCUT2D eigenvalue weighted by Gasteiger charge is -2.26. The van der Waals surface area contributed by atoms with Crippen molar-refractivity contribution in [1.29, 1.82) is 0 Å². The van der Waals surface area contributed by atoms with Crippen LogP contribution in [0, 0.1) is 0 Å². The summed E-state index contributed by atoms with van der Waals surface area (Å²) in [6, 6.07) is 4.76. The number of carbonyl (C=O) groups excluding carboxylic acids is 1. The Bertz CT molecular complexity index is 419. The zero-order valence-electron chi connectivity index (χ0n) is 9.14. The van der Waals surface area contributed by atoms with Crippen molar-refractivity contribution in [1.82, 2.24) is 5.32 Å². The molecule has 1 amide bonds. The van der Waals surface area contributed by atoms with Crippen molar-refractivity contribution in [2.24, 2.45) is 0 Å². The fourth-order valence-electron chi connectivity index (χ4n) is 1.13. The summed E-state index contributed by atoms with van der Waals surface area (Å²) in [5.74, 6) is -0.331. The second kappa shape index (κ2) is 6.20. The summed E-state index contributed by atoms with van der Waals surface area (Å²) in [7, 11) is 0. The molecule has 0 aliphatic heterocycles. The Kier molecular flexibility index (Phi) is 5.47. The molecule has 0 bridgehead atoms. The Morgan fingerprint density at radius 1 is 1.41 bits per heavy atom. The van der Waals surface area contributed by atoms with Crippen molar-refractivity contribution in [3.05, 3.63) is 28.2 Å². The molecule has 17 heavy (non-hydrogen) atoms. The number of amides is 1. The van der Waals surface area contributed by atoms with Gasteiger partial charge in [-0.05, 0) is 25.1 Å². The zero-order chi connectivity index (χ0) is 13.1. The summed E-state index contributed by atoms with van der Waals surface area (Å²) in [6.07, 6.45) is 0. The predicted molar refractivity (Wildman–Crippen MR) is 79.3 cm³/mol. The van der Waals surface area contributed by atoms with Gasteiger partial charge in [-0.3, -0.25) is 4.79 Å². The molecule has 1 rings (SSSR count). The number of benzene rings is 1. The van der Waals surface area contributed by atoms with Crippen LogP contribution in [0.1, 0.15) is 17.3 Å². The minimum Gasteiger partial charge on any atom is -0.507 e. The number of rotatable bonds is 4. The molecule has 0 aliphatic carbocycles. The van der Waals surface area contributed by atoms with Crippen molar-refractivity contribution in [2.75, 3.05) is 10.7 Å². The third-order valence-electron chi connectivity index (χ3n) is 2.21. The van der Waals surface area contributed by atoms with Crippen LogP contribution in [0.4, 0.5) is 0 Å². The first-order valence-electron chi connectivity index (χ1n) is 4.85. The summed E-state index contributed by atoms with van der Waals surface area (Å²) < 4.78 is 0.750. The second-order valence-electron chi connectivity index (χ2n) is 3.94. The second-order valence-corrected chi connectivity index (χ2v) is 5.98. The van der Waals surface area contributed by atoms with Crippen LogP contribution >= 0.6 is 47.8 Å². The molecule has 0 aliphatic rings. The molecule has 1 aromatic carbocycles. The van der Waals surface area contributed by atoms with Gasteiger partial charge in [-0.25, -0.2) is 0 Å². The lowest BCUT2D eigenvalue weighted by molar-refractivity contribution is 0.0920. The van der Waals surface area contributed by atoms with Gasteiger partial charge < -0.3 is 10.4 Å². The monoisotopic (exact) mass is 427 g/mol. The lowest BCUT2D eigenvalue weighted by Crippen LogP contribution is -2.48. The van der Waals surface area contributed by atoms with Gasteiger partial charge in [0.15, 0.2) is 0 Å². The molecule has 94 valence electrons. The molecule has 0 saturated carbocycles. The Morgan fingerprint density at radius 2 is 2.00 bits per heavy atom. The molecular formula is C11H12Br3NO2. The first kappa shape index (κ1) is 15.0. The number of hydrogen-bond donors (Lipinski definition) is 2. The molecule has 0 aromatic heterocycles. The average Bonchev–Trinajstić information content (AvgIpc) is 2.32. The van der Waals surface area contributed by atoms with Gasteiger partial charge in [-0.15, -0.1) is 0 Å². The molecular weight excluding hydrogens is 418 g/mol.